The lowest BCUT2D eigenvalue weighted by Crippen LogP contribution is -2.46. The van der Waals surface area contributed by atoms with Crippen LogP contribution in [0.1, 0.15) is 43.6 Å². The molecule has 34 heavy (non-hydrogen) atoms. The van der Waals surface area contributed by atoms with Gasteiger partial charge >= 0.3 is 5.97 Å². The third-order valence-corrected chi connectivity index (χ3v) is 8.00. The highest BCUT2D eigenvalue weighted by molar-refractivity contribution is 7.89. The number of benzene rings is 2. The molecular formula is C25H26ClNO6S. The van der Waals surface area contributed by atoms with E-state index < -0.39 is 22.0 Å². The number of rotatable bonds is 7. The molecule has 0 saturated carbocycles. The minimum absolute atomic E-state index is 0.00287. The molecular weight excluding hydrogens is 478 g/mol. The van der Waals surface area contributed by atoms with Gasteiger partial charge < -0.3 is 9.15 Å². The molecule has 0 aliphatic heterocycles. The zero-order valence-electron chi connectivity index (χ0n) is 19.2. The van der Waals surface area contributed by atoms with Crippen LogP contribution in [-0.4, -0.2) is 20.4 Å². The Morgan fingerprint density at radius 1 is 1.21 bits per heavy atom. The van der Waals surface area contributed by atoms with E-state index in [1.807, 2.05) is 13.8 Å². The normalized spacial score (nSPS) is 15.2. The molecule has 2 atom stereocenters. The van der Waals surface area contributed by atoms with Gasteiger partial charge in [0.05, 0.1) is 15.3 Å². The second-order valence-electron chi connectivity index (χ2n) is 8.68. The minimum atomic E-state index is -3.97. The number of nitrogens with one attached hydrogen (secondary N) is 1. The highest BCUT2D eigenvalue weighted by Crippen LogP contribution is 2.32. The fraction of sp³-hybridized carbons (Fsp3) is 0.360. The van der Waals surface area contributed by atoms with Crippen LogP contribution in [0.15, 0.2) is 50.5 Å². The summed E-state index contributed by atoms with van der Waals surface area (Å²) in [7, 11) is -3.97. The van der Waals surface area contributed by atoms with Gasteiger partial charge in [-0.3, -0.25) is 4.79 Å². The molecule has 1 N–H and O–H groups in total. The number of hydrogen-bond acceptors (Lipinski definition) is 6. The molecule has 0 radical (unpaired) electrons. The first kappa shape index (κ1) is 24.4. The van der Waals surface area contributed by atoms with E-state index in [1.54, 1.807) is 19.1 Å². The van der Waals surface area contributed by atoms with Crippen LogP contribution in [0.3, 0.4) is 0 Å². The average molecular weight is 504 g/mol. The summed E-state index contributed by atoms with van der Waals surface area (Å²) in [6.07, 6.45) is 2.72. The van der Waals surface area contributed by atoms with Crippen LogP contribution < -0.4 is 14.9 Å². The van der Waals surface area contributed by atoms with Gasteiger partial charge in [-0.1, -0.05) is 49.6 Å². The fourth-order valence-corrected chi connectivity index (χ4v) is 5.49. The smallest absolute Gasteiger partial charge is 0.329 e. The van der Waals surface area contributed by atoms with E-state index in [-0.39, 0.29) is 32.6 Å². The van der Waals surface area contributed by atoms with E-state index in [0.29, 0.717) is 36.0 Å². The van der Waals surface area contributed by atoms with Crippen LogP contribution in [0, 0.1) is 12.8 Å². The molecule has 4 rings (SSSR count). The quantitative estimate of drug-likeness (QED) is 0.375. The van der Waals surface area contributed by atoms with Gasteiger partial charge in [0.2, 0.25) is 10.0 Å². The number of halogens is 1. The van der Waals surface area contributed by atoms with Gasteiger partial charge in [-0.05, 0) is 43.9 Å². The summed E-state index contributed by atoms with van der Waals surface area (Å²) >= 11 is 6.34. The van der Waals surface area contributed by atoms with Gasteiger partial charge in [-0.15, -0.1) is 0 Å². The van der Waals surface area contributed by atoms with Crippen molar-refractivity contribution in [2.45, 2.75) is 57.4 Å². The first-order valence-electron chi connectivity index (χ1n) is 11.2. The van der Waals surface area contributed by atoms with Crippen LogP contribution in [0.2, 0.25) is 5.02 Å². The number of hydrogen-bond donors (Lipinski definition) is 1. The molecule has 1 aliphatic rings. The Bertz CT molecular complexity index is 1410. The van der Waals surface area contributed by atoms with Crippen LogP contribution in [0.4, 0.5) is 0 Å². The number of carbonyl (C=O) groups is 1. The summed E-state index contributed by atoms with van der Waals surface area (Å²) < 4.78 is 39.7. The van der Waals surface area contributed by atoms with E-state index in [2.05, 4.69) is 4.72 Å². The summed E-state index contributed by atoms with van der Waals surface area (Å²) in [5.41, 5.74) is 1.73. The van der Waals surface area contributed by atoms with E-state index in [0.717, 1.165) is 12.0 Å². The van der Waals surface area contributed by atoms with Crippen molar-refractivity contribution in [2.75, 3.05) is 0 Å². The molecule has 9 heteroatoms. The van der Waals surface area contributed by atoms with Crippen molar-refractivity contribution in [3.63, 3.8) is 0 Å². The molecule has 1 aliphatic carbocycles. The monoisotopic (exact) mass is 503 g/mol. The zero-order valence-corrected chi connectivity index (χ0v) is 20.8. The van der Waals surface area contributed by atoms with Crippen LogP contribution >= 0.6 is 11.6 Å². The molecule has 0 fully saturated rings. The number of carbonyl (C=O) groups excluding carboxylic acids is 1. The lowest BCUT2D eigenvalue weighted by molar-refractivity contribution is -0.137. The summed E-state index contributed by atoms with van der Waals surface area (Å²) in [6, 6.07) is 8.04. The van der Waals surface area contributed by atoms with Crippen LogP contribution in [-0.2, 0) is 27.7 Å². The Kier molecular flexibility index (Phi) is 6.85. The van der Waals surface area contributed by atoms with Crippen molar-refractivity contribution < 1.29 is 22.4 Å². The Morgan fingerprint density at radius 2 is 1.91 bits per heavy atom. The van der Waals surface area contributed by atoms with Crippen molar-refractivity contribution in [1.29, 1.82) is 0 Å². The zero-order chi connectivity index (χ0) is 24.6. The summed E-state index contributed by atoms with van der Waals surface area (Å²) in [5.74, 6) is -0.508. The summed E-state index contributed by atoms with van der Waals surface area (Å²) in [4.78, 5) is 25.9. The van der Waals surface area contributed by atoms with Gasteiger partial charge in [-0.2, -0.15) is 4.72 Å². The van der Waals surface area contributed by atoms with Crippen LogP contribution in [0.5, 0.6) is 5.75 Å². The maximum absolute atomic E-state index is 13.1. The van der Waals surface area contributed by atoms with Crippen molar-refractivity contribution in [3.8, 4) is 5.75 Å². The van der Waals surface area contributed by atoms with E-state index >= 15 is 0 Å². The van der Waals surface area contributed by atoms with Crippen molar-refractivity contribution >= 4 is 38.6 Å². The van der Waals surface area contributed by atoms with Gasteiger partial charge in [0, 0.05) is 18.1 Å². The number of sulfonamides is 1. The SMILES string of the molecule is CCC(C)C(NS(=O)(=O)c1ccc(C)cc1)C(=O)Oc1cc2oc3c(c(=O)c2cc1Cl)CCC3. The highest BCUT2D eigenvalue weighted by Gasteiger charge is 2.32. The first-order chi connectivity index (χ1) is 16.1. The molecule has 1 heterocycles. The topological polar surface area (TPSA) is 103 Å². The standard InChI is InChI=1S/C25H26ClNO6S/c1-4-15(3)23(27-34(30,31)16-10-8-14(2)9-11-16)25(29)33-22-13-21-18(12-19(22)26)24(28)17-6-5-7-20(17)32-21/h8-13,15,23,27H,4-7H2,1-3H3. The molecule has 7 nitrogen and oxygen atoms in total. The van der Waals surface area contributed by atoms with Crippen molar-refractivity contribution in [2.24, 2.45) is 5.92 Å². The lowest BCUT2D eigenvalue weighted by atomic mass is 10.0. The Hall–Kier alpha value is -2.68. The highest BCUT2D eigenvalue weighted by atomic mass is 35.5. The Morgan fingerprint density at radius 3 is 2.59 bits per heavy atom. The molecule has 3 aromatic rings. The average Bonchev–Trinajstić information content (AvgIpc) is 3.27. The molecule has 180 valence electrons. The molecule has 0 spiro atoms. The third-order valence-electron chi connectivity index (χ3n) is 6.24. The van der Waals surface area contributed by atoms with E-state index in [4.69, 9.17) is 20.8 Å². The summed E-state index contributed by atoms with van der Waals surface area (Å²) in [6.45, 7) is 5.46. The first-order valence-corrected chi connectivity index (χ1v) is 13.1. The predicted molar refractivity (Wildman–Crippen MR) is 130 cm³/mol. The van der Waals surface area contributed by atoms with Gasteiger partial charge in [-0.25, -0.2) is 13.2 Å². The molecule has 2 aromatic carbocycles. The molecule has 0 bridgehead atoms. The number of ether oxygens (including phenoxy) is 1. The molecule has 0 saturated heterocycles. The van der Waals surface area contributed by atoms with E-state index in [1.165, 1.54) is 24.3 Å². The molecule has 1 aromatic heterocycles. The number of aryl methyl sites for hydroxylation is 2. The largest absolute Gasteiger partial charge is 0.460 e. The predicted octanol–water partition coefficient (Wildman–Crippen LogP) is 4.54. The second-order valence-corrected chi connectivity index (χ2v) is 10.8. The molecule has 2 unspecified atom stereocenters. The maximum atomic E-state index is 13.1. The number of esters is 1. The summed E-state index contributed by atoms with van der Waals surface area (Å²) in [5, 5.41) is 0.388. The third kappa shape index (κ3) is 4.76. The van der Waals surface area contributed by atoms with Gasteiger partial charge in [0.15, 0.2) is 11.2 Å². The van der Waals surface area contributed by atoms with Crippen molar-refractivity contribution in [3.05, 3.63) is 68.5 Å². The minimum Gasteiger partial charge on any atom is -0.460 e. The molecule has 0 amide bonds. The van der Waals surface area contributed by atoms with Crippen molar-refractivity contribution in [1.82, 2.24) is 4.72 Å². The Labute approximate surface area is 203 Å². The Balaban J connectivity index is 1.64. The second kappa shape index (κ2) is 9.52. The lowest BCUT2D eigenvalue weighted by Gasteiger charge is -2.23. The van der Waals surface area contributed by atoms with E-state index in [9.17, 15) is 18.0 Å². The fourth-order valence-electron chi connectivity index (χ4n) is 4.00. The van der Waals surface area contributed by atoms with Gasteiger partial charge in [0.25, 0.3) is 0 Å². The van der Waals surface area contributed by atoms with Gasteiger partial charge in [0.1, 0.15) is 17.4 Å². The maximum Gasteiger partial charge on any atom is 0.329 e. The number of fused-ring (bicyclic) bond motifs is 2. The van der Waals surface area contributed by atoms with Crippen LogP contribution in [0.25, 0.3) is 11.0 Å².